The molecular weight excluding hydrogens is 276 g/mol. The first-order chi connectivity index (χ1) is 10.7. The molecule has 0 fully saturated rings. The number of amides is 1. The highest BCUT2D eigenvalue weighted by atomic mass is 16.5. The number of H-pyrrole nitrogens is 1. The number of rotatable bonds is 5. The maximum Gasteiger partial charge on any atom is 0.217 e. The molecule has 1 atom stereocenters. The van der Waals surface area contributed by atoms with E-state index in [1.54, 1.807) is 6.92 Å². The van der Waals surface area contributed by atoms with E-state index in [0.717, 1.165) is 50.0 Å². The van der Waals surface area contributed by atoms with Crippen molar-refractivity contribution in [2.24, 2.45) is 0 Å². The molecule has 4 nitrogen and oxygen atoms in total. The normalized spacial score (nSPS) is 17.3. The minimum atomic E-state index is 0.0520. The first-order valence-electron chi connectivity index (χ1n) is 8.20. The van der Waals surface area contributed by atoms with Crippen LogP contribution in [0.25, 0.3) is 10.9 Å². The fourth-order valence-electron chi connectivity index (χ4n) is 3.25. The second-order valence-electron chi connectivity index (χ2n) is 6.13. The van der Waals surface area contributed by atoms with Gasteiger partial charge in [0.2, 0.25) is 5.91 Å². The molecule has 22 heavy (non-hydrogen) atoms. The second kappa shape index (κ2) is 6.42. The van der Waals surface area contributed by atoms with Gasteiger partial charge in [0.05, 0.1) is 6.61 Å². The van der Waals surface area contributed by atoms with E-state index in [9.17, 15) is 4.79 Å². The Labute approximate surface area is 131 Å². The largest absolute Gasteiger partial charge is 0.494 e. The lowest BCUT2D eigenvalue weighted by Gasteiger charge is -2.22. The fraction of sp³-hybridized carbons (Fsp3) is 0.500. The number of carbonyl (C=O) groups is 1. The first kappa shape index (κ1) is 14.9. The standard InChI is InChI=1S/C18H24N2O2/c1-3-4-9-22-14-6-8-16-15-7-5-13(19-12(2)21)10-17(15)20-18(16)11-14/h6,8,11,13,20H,3-5,7,9-10H2,1-2H3,(H,19,21). The molecule has 3 rings (SSSR count). The van der Waals surface area contributed by atoms with Gasteiger partial charge in [-0.25, -0.2) is 0 Å². The van der Waals surface area contributed by atoms with Crippen LogP contribution in [0.5, 0.6) is 5.75 Å². The predicted octanol–water partition coefficient (Wildman–Crippen LogP) is 3.34. The summed E-state index contributed by atoms with van der Waals surface area (Å²) in [7, 11) is 0. The van der Waals surface area contributed by atoms with Gasteiger partial charge in [0.1, 0.15) is 5.75 Å². The number of carbonyl (C=O) groups excluding carboxylic acids is 1. The van der Waals surface area contributed by atoms with Crippen LogP contribution < -0.4 is 10.1 Å². The zero-order valence-corrected chi connectivity index (χ0v) is 13.4. The van der Waals surface area contributed by atoms with Gasteiger partial charge in [0, 0.05) is 42.0 Å². The Morgan fingerprint density at radius 3 is 3.09 bits per heavy atom. The molecule has 0 saturated heterocycles. The van der Waals surface area contributed by atoms with Crippen molar-refractivity contribution in [1.29, 1.82) is 0 Å². The summed E-state index contributed by atoms with van der Waals surface area (Å²) < 4.78 is 5.78. The molecule has 2 N–H and O–H groups in total. The van der Waals surface area contributed by atoms with E-state index < -0.39 is 0 Å². The molecule has 1 aromatic carbocycles. The third kappa shape index (κ3) is 3.11. The molecule has 1 aliphatic rings. The molecule has 0 radical (unpaired) electrons. The number of aryl methyl sites for hydroxylation is 1. The van der Waals surface area contributed by atoms with Gasteiger partial charge < -0.3 is 15.0 Å². The van der Waals surface area contributed by atoms with Crippen molar-refractivity contribution >= 4 is 16.8 Å². The number of aromatic nitrogens is 1. The maximum atomic E-state index is 11.2. The van der Waals surface area contributed by atoms with Crippen molar-refractivity contribution < 1.29 is 9.53 Å². The number of benzene rings is 1. The van der Waals surface area contributed by atoms with Crippen LogP contribution in [0.4, 0.5) is 0 Å². The van der Waals surface area contributed by atoms with Crippen LogP contribution >= 0.6 is 0 Å². The lowest BCUT2D eigenvalue weighted by Crippen LogP contribution is -2.37. The van der Waals surface area contributed by atoms with Gasteiger partial charge in [-0.15, -0.1) is 0 Å². The highest BCUT2D eigenvalue weighted by Gasteiger charge is 2.22. The van der Waals surface area contributed by atoms with Crippen LogP contribution in [0.1, 0.15) is 44.4 Å². The van der Waals surface area contributed by atoms with Crippen molar-refractivity contribution in [2.75, 3.05) is 6.61 Å². The van der Waals surface area contributed by atoms with E-state index >= 15 is 0 Å². The zero-order valence-electron chi connectivity index (χ0n) is 13.4. The Morgan fingerprint density at radius 2 is 2.32 bits per heavy atom. The van der Waals surface area contributed by atoms with Crippen LogP contribution in [-0.2, 0) is 17.6 Å². The number of ether oxygens (including phenoxy) is 1. The molecule has 0 bridgehead atoms. The topological polar surface area (TPSA) is 54.1 Å². The van der Waals surface area contributed by atoms with E-state index in [1.165, 1.54) is 16.6 Å². The molecular formula is C18H24N2O2. The Morgan fingerprint density at radius 1 is 1.45 bits per heavy atom. The minimum absolute atomic E-state index is 0.0520. The van der Waals surface area contributed by atoms with Crippen molar-refractivity contribution in [3.8, 4) is 5.75 Å². The van der Waals surface area contributed by atoms with Crippen molar-refractivity contribution in [3.63, 3.8) is 0 Å². The van der Waals surface area contributed by atoms with E-state index in [1.807, 2.05) is 0 Å². The van der Waals surface area contributed by atoms with Gasteiger partial charge in [0.15, 0.2) is 0 Å². The highest BCUT2D eigenvalue weighted by molar-refractivity contribution is 5.86. The third-order valence-corrected chi connectivity index (χ3v) is 4.33. The molecule has 2 aromatic rings. The smallest absolute Gasteiger partial charge is 0.217 e. The van der Waals surface area contributed by atoms with Crippen molar-refractivity contribution in [1.82, 2.24) is 10.3 Å². The van der Waals surface area contributed by atoms with E-state index in [2.05, 4.69) is 35.4 Å². The Kier molecular flexibility index (Phi) is 4.36. The first-order valence-corrected chi connectivity index (χ1v) is 8.20. The number of hydrogen-bond acceptors (Lipinski definition) is 2. The van der Waals surface area contributed by atoms with Gasteiger partial charge in [-0.3, -0.25) is 4.79 Å². The maximum absolute atomic E-state index is 11.2. The Bertz CT molecular complexity index is 675. The summed E-state index contributed by atoms with van der Waals surface area (Å²) in [6.07, 6.45) is 5.13. The Balaban J connectivity index is 1.80. The van der Waals surface area contributed by atoms with Crippen molar-refractivity contribution in [3.05, 3.63) is 29.5 Å². The molecule has 1 unspecified atom stereocenters. The van der Waals surface area contributed by atoms with Crippen LogP contribution in [0.2, 0.25) is 0 Å². The van der Waals surface area contributed by atoms with E-state index in [4.69, 9.17) is 4.74 Å². The van der Waals surface area contributed by atoms with E-state index in [0.29, 0.717) is 0 Å². The molecule has 1 heterocycles. The number of unbranched alkanes of at least 4 members (excludes halogenated alkanes) is 1. The summed E-state index contributed by atoms with van der Waals surface area (Å²) in [5, 5.41) is 4.32. The van der Waals surface area contributed by atoms with Gasteiger partial charge >= 0.3 is 0 Å². The second-order valence-corrected chi connectivity index (χ2v) is 6.13. The molecule has 1 aromatic heterocycles. The summed E-state index contributed by atoms with van der Waals surface area (Å²) >= 11 is 0. The summed E-state index contributed by atoms with van der Waals surface area (Å²) in [4.78, 5) is 14.7. The predicted molar refractivity (Wildman–Crippen MR) is 88.3 cm³/mol. The molecule has 1 amide bonds. The fourth-order valence-corrected chi connectivity index (χ4v) is 3.25. The average Bonchev–Trinajstić information content (AvgIpc) is 2.83. The molecule has 0 spiro atoms. The highest BCUT2D eigenvalue weighted by Crippen LogP contribution is 2.31. The molecule has 118 valence electrons. The number of nitrogens with one attached hydrogen (secondary N) is 2. The van der Waals surface area contributed by atoms with Crippen LogP contribution in [-0.4, -0.2) is 23.5 Å². The van der Waals surface area contributed by atoms with Gasteiger partial charge in [-0.2, -0.15) is 0 Å². The van der Waals surface area contributed by atoms with Crippen LogP contribution in [0.3, 0.4) is 0 Å². The zero-order chi connectivity index (χ0) is 15.5. The molecule has 1 aliphatic carbocycles. The quantitative estimate of drug-likeness (QED) is 0.832. The van der Waals surface area contributed by atoms with E-state index in [-0.39, 0.29) is 11.9 Å². The lowest BCUT2D eigenvalue weighted by molar-refractivity contribution is -0.119. The minimum Gasteiger partial charge on any atom is -0.494 e. The summed E-state index contributed by atoms with van der Waals surface area (Å²) in [6, 6.07) is 6.56. The summed E-state index contributed by atoms with van der Waals surface area (Å²) in [6.45, 7) is 4.52. The van der Waals surface area contributed by atoms with Crippen LogP contribution in [0, 0.1) is 0 Å². The summed E-state index contributed by atoms with van der Waals surface area (Å²) in [5.74, 6) is 0.981. The SMILES string of the molecule is CCCCOc1ccc2c3c([nH]c2c1)CC(NC(C)=O)CC3. The number of fused-ring (bicyclic) bond motifs is 3. The molecule has 4 heteroatoms. The molecule has 0 saturated carbocycles. The number of aromatic amines is 1. The van der Waals surface area contributed by atoms with Gasteiger partial charge in [0.25, 0.3) is 0 Å². The third-order valence-electron chi connectivity index (χ3n) is 4.33. The Hall–Kier alpha value is -1.97. The van der Waals surface area contributed by atoms with Crippen molar-refractivity contribution in [2.45, 2.75) is 52.0 Å². The van der Waals surface area contributed by atoms with Gasteiger partial charge in [-0.1, -0.05) is 13.3 Å². The molecule has 0 aliphatic heterocycles. The van der Waals surface area contributed by atoms with Crippen LogP contribution in [0.15, 0.2) is 18.2 Å². The number of hydrogen-bond donors (Lipinski definition) is 2. The lowest BCUT2D eigenvalue weighted by atomic mass is 9.92. The summed E-state index contributed by atoms with van der Waals surface area (Å²) in [5.41, 5.74) is 3.80. The average molecular weight is 300 g/mol. The van der Waals surface area contributed by atoms with Gasteiger partial charge in [-0.05, 0) is 37.0 Å². The monoisotopic (exact) mass is 300 g/mol.